The van der Waals surface area contributed by atoms with Gasteiger partial charge in [-0.15, -0.1) is 0 Å². The first kappa shape index (κ1) is 23.1. The van der Waals surface area contributed by atoms with E-state index in [9.17, 15) is 14.7 Å². The highest BCUT2D eigenvalue weighted by molar-refractivity contribution is 6.30. The Hall–Kier alpha value is -4.09. The van der Waals surface area contributed by atoms with Gasteiger partial charge in [0.05, 0.1) is 5.56 Å². The minimum atomic E-state index is -1.13. The van der Waals surface area contributed by atoms with Crippen LogP contribution in [0.15, 0.2) is 91.0 Å². The Morgan fingerprint density at radius 2 is 1.38 bits per heavy atom. The van der Waals surface area contributed by atoms with Crippen LogP contribution in [0.4, 0.5) is 11.4 Å². The van der Waals surface area contributed by atoms with E-state index in [0.717, 1.165) is 16.9 Å². The van der Waals surface area contributed by atoms with Crippen LogP contribution in [-0.4, -0.2) is 23.9 Å². The van der Waals surface area contributed by atoms with Gasteiger partial charge in [0.1, 0.15) is 11.5 Å². The molecule has 0 fully saturated rings. The first-order chi connectivity index (χ1) is 16.3. The lowest BCUT2D eigenvalue weighted by Gasteiger charge is -2.19. The van der Waals surface area contributed by atoms with Crippen LogP contribution in [0.25, 0.3) is 0 Å². The summed E-state index contributed by atoms with van der Waals surface area (Å²) in [7, 11) is 1.92. The molecule has 4 aromatic rings. The van der Waals surface area contributed by atoms with E-state index in [1.807, 2.05) is 73.5 Å². The summed E-state index contributed by atoms with van der Waals surface area (Å²) in [6, 6.07) is 26.3. The number of carboxylic acid groups (broad SMARTS) is 1. The zero-order valence-corrected chi connectivity index (χ0v) is 19.4. The predicted molar refractivity (Wildman–Crippen MR) is 134 cm³/mol. The average molecular weight is 472 g/mol. The lowest BCUT2D eigenvalue weighted by Crippen LogP contribution is -2.10. The Morgan fingerprint density at radius 1 is 0.794 bits per heavy atom. The highest BCUT2D eigenvalue weighted by Crippen LogP contribution is 2.29. The molecule has 4 aromatic carbocycles. The molecule has 0 amide bonds. The van der Waals surface area contributed by atoms with Crippen LogP contribution in [0, 0.1) is 6.92 Å². The van der Waals surface area contributed by atoms with Crippen molar-refractivity contribution in [1.82, 2.24) is 0 Å². The smallest absolute Gasteiger partial charge is 0.335 e. The van der Waals surface area contributed by atoms with Crippen molar-refractivity contribution in [2.45, 2.75) is 6.92 Å². The van der Waals surface area contributed by atoms with Crippen molar-refractivity contribution in [3.63, 3.8) is 0 Å². The molecule has 0 atom stereocenters. The van der Waals surface area contributed by atoms with E-state index >= 15 is 0 Å². The van der Waals surface area contributed by atoms with Crippen molar-refractivity contribution in [3.8, 4) is 11.5 Å². The van der Waals surface area contributed by atoms with Gasteiger partial charge in [0.25, 0.3) is 0 Å². The Kier molecular flexibility index (Phi) is 6.66. The minimum absolute atomic E-state index is 0.0199. The summed E-state index contributed by atoms with van der Waals surface area (Å²) < 4.78 is 5.90. The average Bonchev–Trinajstić information content (AvgIpc) is 2.85. The molecule has 0 saturated carbocycles. The summed E-state index contributed by atoms with van der Waals surface area (Å²) in [5, 5.41) is 10.2. The fraction of sp³-hybridized carbons (Fsp3) is 0.0714. The maximum absolute atomic E-state index is 13.2. The molecule has 34 heavy (non-hydrogen) atoms. The second-order valence-corrected chi connectivity index (χ2v) is 8.27. The van der Waals surface area contributed by atoms with Crippen molar-refractivity contribution in [1.29, 1.82) is 0 Å². The first-order valence-corrected chi connectivity index (χ1v) is 11.0. The number of hydrogen-bond donors (Lipinski definition) is 1. The molecule has 0 saturated heterocycles. The number of rotatable bonds is 7. The first-order valence-electron chi connectivity index (χ1n) is 10.6. The molecular formula is C28H22ClNO4. The standard InChI is InChI=1S/C28H22ClNO4/c1-18-5-3-4-6-26(18)34-25-16-20(15-21(17-25)28(32)33)27(31)19-7-11-23(12-8-19)30(2)24-13-9-22(29)10-14-24/h3-17H,1-2H3,(H,32,33). The lowest BCUT2D eigenvalue weighted by molar-refractivity contribution is 0.0696. The van der Waals surface area contributed by atoms with Crippen molar-refractivity contribution in [2.75, 3.05) is 11.9 Å². The van der Waals surface area contributed by atoms with E-state index in [-0.39, 0.29) is 22.7 Å². The Balaban J connectivity index is 1.61. The molecule has 0 heterocycles. The molecule has 6 heteroatoms. The van der Waals surface area contributed by atoms with Gasteiger partial charge in [0, 0.05) is 34.6 Å². The van der Waals surface area contributed by atoms with Crippen molar-refractivity contribution in [3.05, 3.63) is 118 Å². The van der Waals surface area contributed by atoms with Gasteiger partial charge < -0.3 is 14.7 Å². The third-order valence-corrected chi connectivity index (χ3v) is 5.72. The Bertz CT molecular complexity index is 1350. The lowest BCUT2D eigenvalue weighted by atomic mass is 10.0. The molecule has 0 bridgehead atoms. The number of aromatic carboxylic acids is 1. The number of anilines is 2. The topological polar surface area (TPSA) is 66.8 Å². The fourth-order valence-electron chi connectivity index (χ4n) is 3.53. The summed E-state index contributed by atoms with van der Waals surface area (Å²) in [6.45, 7) is 1.89. The molecule has 0 aliphatic carbocycles. The number of benzene rings is 4. The number of nitrogens with zero attached hydrogens (tertiary/aromatic N) is 1. The normalized spacial score (nSPS) is 10.6. The number of carbonyl (C=O) groups excluding carboxylic acids is 1. The van der Waals surface area contributed by atoms with Crippen molar-refractivity contribution in [2.24, 2.45) is 0 Å². The summed E-state index contributed by atoms with van der Waals surface area (Å²) >= 11 is 5.97. The molecule has 0 spiro atoms. The SMILES string of the molecule is Cc1ccccc1Oc1cc(C(=O)O)cc(C(=O)c2ccc(N(C)c3ccc(Cl)cc3)cc2)c1. The van der Waals surface area contributed by atoms with E-state index < -0.39 is 5.97 Å². The number of aryl methyl sites for hydroxylation is 1. The van der Waals surface area contributed by atoms with Crippen LogP contribution in [0.2, 0.25) is 5.02 Å². The monoisotopic (exact) mass is 471 g/mol. The number of hydrogen-bond acceptors (Lipinski definition) is 4. The van der Waals surface area contributed by atoms with Gasteiger partial charge in [-0.3, -0.25) is 4.79 Å². The molecule has 0 unspecified atom stereocenters. The zero-order chi connectivity index (χ0) is 24.2. The summed E-state index contributed by atoms with van der Waals surface area (Å²) in [5.74, 6) is -0.544. The van der Waals surface area contributed by atoms with Gasteiger partial charge in [-0.2, -0.15) is 0 Å². The largest absolute Gasteiger partial charge is 0.478 e. The van der Waals surface area contributed by atoms with E-state index in [1.54, 1.807) is 24.3 Å². The van der Waals surface area contributed by atoms with Gasteiger partial charge >= 0.3 is 5.97 Å². The third kappa shape index (κ3) is 5.11. The second kappa shape index (κ2) is 9.81. The molecule has 4 rings (SSSR count). The van der Waals surface area contributed by atoms with Gasteiger partial charge in [0.15, 0.2) is 5.78 Å². The minimum Gasteiger partial charge on any atom is -0.478 e. The molecule has 0 radical (unpaired) electrons. The van der Waals surface area contributed by atoms with Gasteiger partial charge in [-0.25, -0.2) is 4.79 Å². The maximum Gasteiger partial charge on any atom is 0.335 e. The molecule has 0 aliphatic heterocycles. The van der Waals surface area contributed by atoms with Crippen molar-refractivity contribution >= 4 is 34.7 Å². The van der Waals surface area contributed by atoms with Crippen LogP contribution < -0.4 is 9.64 Å². The van der Waals surface area contributed by atoms with Crippen LogP contribution in [0.1, 0.15) is 31.8 Å². The molecular weight excluding hydrogens is 450 g/mol. The molecule has 0 aliphatic rings. The molecule has 1 N–H and O–H groups in total. The quantitative estimate of drug-likeness (QED) is 0.290. The highest BCUT2D eigenvalue weighted by atomic mass is 35.5. The van der Waals surface area contributed by atoms with E-state index in [4.69, 9.17) is 16.3 Å². The summed E-state index contributed by atoms with van der Waals surface area (Å²) in [4.78, 5) is 26.9. The Morgan fingerprint density at radius 3 is 2.00 bits per heavy atom. The number of carbonyl (C=O) groups is 2. The molecule has 170 valence electrons. The van der Waals surface area contributed by atoms with E-state index in [0.29, 0.717) is 16.3 Å². The third-order valence-electron chi connectivity index (χ3n) is 5.47. The van der Waals surface area contributed by atoms with Gasteiger partial charge in [-0.1, -0.05) is 29.8 Å². The predicted octanol–water partition coefficient (Wildman–Crippen LogP) is 7.14. The summed E-state index contributed by atoms with van der Waals surface area (Å²) in [6.07, 6.45) is 0. The van der Waals surface area contributed by atoms with E-state index in [1.165, 1.54) is 12.1 Å². The number of carboxylic acids is 1. The van der Waals surface area contributed by atoms with Crippen LogP contribution in [0.5, 0.6) is 11.5 Å². The van der Waals surface area contributed by atoms with Crippen LogP contribution in [-0.2, 0) is 0 Å². The second-order valence-electron chi connectivity index (χ2n) is 7.83. The van der Waals surface area contributed by atoms with Gasteiger partial charge in [-0.05, 0) is 85.3 Å². The van der Waals surface area contributed by atoms with Crippen LogP contribution >= 0.6 is 11.6 Å². The highest BCUT2D eigenvalue weighted by Gasteiger charge is 2.16. The van der Waals surface area contributed by atoms with Crippen LogP contribution in [0.3, 0.4) is 0 Å². The molecule has 5 nitrogen and oxygen atoms in total. The zero-order valence-electron chi connectivity index (χ0n) is 18.7. The summed E-state index contributed by atoms with van der Waals surface area (Å²) in [5.41, 5.74) is 3.40. The van der Waals surface area contributed by atoms with E-state index in [2.05, 4.69) is 0 Å². The number of ketones is 1. The number of para-hydroxylation sites is 1. The fourth-order valence-corrected chi connectivity index (χ4v) is 3.65. The maximum atomic E-state index is 13.2. The molecule has 0 aromatic heterocycles. The van der Waals surface area contributed by atoms with Crippen molar-refractivity contribution < 1.29 is 19.4 Å². The number of halogens is 1. The van der Waals surface area contributed by atoms with Gasteiger partial charge in [0.2, 0.25) is 0 Å². The Labute approximate surface area is 202 Å². The number of ether oxygens (including phenoxy) is 1.